The lowest BCUT2D eigenvalue weighted by molar-refractivity contribution is 0.0791. The molecular weight excluding hydrogens is 275 g/mol. The maximum atomic E-state index is 13.0. The van der Waals surface area contributed by atoms with E-state index in [4.69, 9.17) is 5.73 Å². The van der Waals surface area contributed by atoms with Crippen LogP contribution in [-0.2, 0) is 0 Å². The lowest BCUT2D eigenvalue weighted by Gasteiger charge is -2.15. The summed E-state index contributed by atoms with van der Waals surface area (Å²) in [5.41, 5.74) is 6.22. The average Bonchev–Trinajstić information content (AvgIpc) is 2.68. The number of halogens is 2. The minimum absolute atomic E-state index is 0.0628. The quantitative estimate of drug-likeness (QED) is 0.855. The predicted octanol–water partition coefficient (Wildman–Crippen LogP) is 1.76. The molecule has 16 heavy (non-hydrogen) atoms. The number of nitrogens with two attached hydrogens (primary N) is 1. The third-order valence-corrected chi connectivity index (χ3v) is 3.29. The highest BCUT2D eigenvalue weighted by molar-refractivity contribution is 9.10. The van der Waals surface area contributed by atoms with Gasteiger partial charge in [-0.1, -0.05) is 0 Å². The van der Waals surface area contributed by atoms with Crippen molar-refractivity contribution < 1.29 is 9.18 Å². The van der Waals surface area contributed by atoms with Gasteiger partial charge in [0.05, 0.1) is 4.47 Å². The minimum atomic E-state index is -0.366. The van der Waals surface area contributed by atoms with Gasteiger partial charge in [-0.2, -0.15) is 0 Å². The number of nitrogens with zero attached hydrogens (tertiary/aromatic N) is 1. The molecule has 1 unspecified atom stereocenters. The van der Waals surface area contributed by atoms with Crippen LogP contribution in [0, 0.1) is 5.82 Å². The molecule has 1 amide bonds. The first kappa shape index (κ1) is 11.5. The van der Waals surface area contributed by atoms with E-state index in [1.54, 1.807) is 4.90 Å². The molecule has 0 spiro atoms. The van der Waals surface area contributed by atoms with Crippen molar-refractivity contribution in [2.24, 2.45) is 5.73 Å². The molecule has 0 radical (unpaired) electrons. The summed E-state index contributed by atoms with van der Waals surface area (Å²) in [5.74, 6) is -0.455. The maximum Gasteiger partial charge on any atom is 0.253 e. The number of rotatable bonds is 1. The number of hydrogen-bond donors (Lipinski definition) is 1. The summed E-state index contributed by atoms with van der Waals surface area (Å²) in [4.78, 5) is 13.7. The Morgan fingerprint density at radius 3 is 2.88 bits per heavy atom. The zero-order valence-corrected chi connectivity index (χ0v) is 10.2. The summed E-state index contributed by atoms with van der Waals surface area (Å²) in [6.07, 6.45) is 0.827. The lowest BCUT2D eigenvalue weighted by Crippen LogP contribution is -2.31. The summed E-state index contributed by atoms with van der Waals surface area (Å²) < 4.78 is 13.3. The van der Waals surface area contributed by atoms with Gasteiger partial charge >= 0.3 is 0 Å². The van der Waals surface area contributed by atoms with E-state index in [9.17, 15) is 9.18 Å². The van der Waals surface area contributed by atoms with Crippen LogP contribution in [0.3, 0.4) is 0 Å². The molecule has 1 saturated heterocycles. The molecule has 2 rings (SSSR count). The average molecular weight is 287 g/mol. The van der Waals surface area contributed by atoms with Crippen LogP contribution in [0.2, 0.25) is 0 Å². The Bertz CT molecular complexity index is 424. The van der Waals surface area contributed by atoms with Gasteiger partial charge in [0.1, 0.15) is 5.82 Å². The zero-order valence-electron chi connectivity index (χ0n) is 8.62. The predicted molar refractivity (Wildman–Crippen MR) is 62.6 cm³/mol. The van der Waals surface area contributed by atoms with E-state index in [1.807, 2.05) is 0 Å². The van der Waals surface area contributed by atoms with Gasteiger partial charge in [-0.15, -0.1) is 0 Å². The van der Waals surface area contributed by atoms with E-state index in [1.165, 1.54) is 18.2 Å². The molecule has 1 aliphatic rings. The van der Waals surface area contributed by atoms with Crippen LogP contribution >= 0.6 is 15.9 Å². The van der Waals surface area contributed by atoms with Gasteiger partial charge in [-0.05, 0) is 40.5 Å². The molecule has 5 heteroatoms. The number of benzene rings is 1. The van der Waals surface area contributed by atoms with Crippen molar-refractivity contribution in [1.29, 1.82) is 0 Å². The molecule has 3 nitrogen and oxygen atoms in total. The second kappa shape index (κ2) is 4.51. The van der Waals surface area contributed by atoms with Crippen LogP contribution in [0.25, 0.3) is 0 Å². The molecular formula is C11H12BrFN2O. The van der Waals surface area contributed by atoms with E-state index in [0.717, 1.165) is 6.42 Å². The van der Waals surface area contributed by atoms with Gasteiger partial charge in [0.15, 0.2) is 0 Å². The van der Waals surface area contributed by atoms with Gasteiger partial charge in [-0.3, -0.25) is 4.79 Å². The monoisotopic (exact) mass is 286 g/mol. The Labute approximate surface area is 102 Å². The topological polar surface area (TPSA) is 46.3 Å². The van der Waals surface area contributed by atoms with Gasteiger partial charge in [-0.25, -0.2) is 4.39 Å². The standard InChI is InChI=1S/C11H12BrFN2O/c12-9-5-7(1-2-10(9)13)11(16)15-4-3-8(14)6-15/h1-2,5,8H,3-4,6,14H2. The first-order chi connectivity index (χ1) is 7.58. The molecule has 1 aromatic rings. The molecule has 1 atom stereocenters. The SMILES string of the molecule is NC1CCN(C(=O)c2ccc(F)c(Br)c2)C1. The molecule has 0 aliphatic carbocycles. The molecule has 1 aromatic carbocycles. The first-order valence-electron chi connectivity index (χ1n) is 5.08. The number of carbonyl (C=O) groups is 1. The van der Waals surface area contributed by atoms with Crippen molar-refractivity contribution in [2.75, 3.05) is 13.1 Å². The largest absolute Gasteiger partial charge is 0.337 e. The van der Waals surface area contributed by atoms with Crippen molar-refractivity contribution in [3.63, 3.8) is 0 Å². The molecule has 1 fully saturated rings. The van der Waals surface area contributed by atoms with Crippen LogP contribution in [-0.4, -0.2) is 29.9 Å². The number of likely N-dealkylation sites (tertiary alicyclic amines) is 1. The summed E-state index contributed by atoms with van der Waals surface area (Å²) in [6, 6.07) is 4.34. The Morgan fingerprint density at radius 2 is 2.31 bits per heavy atom. The van der Waals surface area contributed by atoms with E-state index in [-0.39, 0.29) is 17.8 Å². The molecule has 86 valence electrons. The number of carbonyl (C=O) groups excluding carboxylic acids is 1. The fraction of sp³-hybridized carbons (Fsp3) is 0.364. The zero-order chi connectivity index (χ0) is 11.7. The Kier molecular flexibility index (Phi) is 3.25. The highest BCUT2D eigenvalue weighted by atomic mass is 79.9. The Morgan fingerprint density at radius 1 is 1.56 bits per heavy atom. The Balaban J connectivity index is 2.18. The molecule has 0 saturated carbocycles. The van der Waals surface area contributed by atoms with Crippen molar-refractivity contribution in [3.05, 3.63) is 34.1 Å². The van der Waals surface area contributed by atoms with E-state index in [0.29, 0.717) is 23.1 Å². The summed E-state index contributed by atoms with van der Waals surface area (Å²) in [7, 11) is 0. The molecule has 2 N–H and O–H groups in total. The van der Waals surface area contributed by atoms with E-state index in [2.05, 4.69) is 15.9 Å². The number of amides is 1. The smallest absolute Gasteiger partial charge is 0.253 e. The van der Waals surface area contributed by atoms with Gasteiger partial charge < -0.3 is 10.6 Å². The lowest BCUT2D eigenvalue weighted by atomic mass is 10.2. The van der Waals surface area contributed by atoms with Crippen molar-refractivity contribution in [1.82, 2.24) is 4.90 Å². The van der Waals surface area contributed by atoms with Crippen LogP contribution < -0.4 is 5.73 Å². The van der Waals surface area contributed by atoms with Crippen molar-refractivity contribution >= 4 is 21.8 Å². The molecule has 0 aromatic heterocycles. The van der Waals surface area contributed by atoms with Crippen LogP contribution in [0.5, 0.6) is 0 Å². The Hall–Kier alpha value is -0.940. The van der Waals surface area contributed by atoms with Crippen molar-refractivity contribution in [3.8, 4) is 0 Å². The highest BCUT2D eigenvalue weighted by Crippen LogP contribution is 2.19. The molecule has 1 heterocycles. The normalized spacial score (nSPS) is 20.2. The first-order valence-corrected chi connectivity index (χ1v) is 5.87. The maximum absolute atomic E-state index is 13.0. The number of hydrogen-bond acceptors (Lipinski definition) is 2. The summed E-state index contributed by atoms with van der Waals surface area (Å²) in [6.45, 7) is 1.25. The fourth-order valence-corrected chi connectivity index (χ4v) is 2.16. The second-order valence-corrected chi connectivity index (χ2v) is 4.78. The van der Waals surface area contributed by atoms with Crippen molar-refractivity contribution in [2.45, 2.75) is 12.5 Å². The van der Waals surface area contributed by atoms with Crippen LogP contribution in [0.1, 0.15) is 16.8 Å². The second-order valence-electron chi connectivity index (χ2n) is 3.93. The highest BCUT2D eigenvalue weighted by Gasteiger charge is 2.24. The van der Waals surface area contributed by atoms with Crippen LogP contribution in [0.4, 0.5) is 4.39 Å². The fourth-order valence-electron chi connectivity index (χ4n) is 1.78. The minimum Gasteiger partial charge on any atom is -0.337 e. The summed E-state index contributed by atoms with van der Waals surface area (Å²) >= 11 is 3.06. The van der Waals surface area contributed by atoms with Crippen LogP contribution in [0.15, 0.2) is 22.7 Å². The third kappa shape index (κ3) is 2.25. The molecule has 0 bridgehead atoms. The van der Waals surface area contributed by atoms with Gasteiger partial charge in [0, 0.05) is 24.7 Å². The van der Waals surface area contributed by atoms with Gasteiger partial charge in [0.2, 0.25) is 0 Å². The van der Waals surface area contributed by atoms with Gasteiger partial charge in [0.25, 0.3) is 5.91 Å². The summed E-state index contributed by atoms with van der Waals surface area (Å²) in [5, 5.41) is 0. The third-order valence-electron chi connectivity index (χ3n) is 2.68. The van der Waals surface area contributed by atoms with E-state index >= 15 is 0 Å². The molecule has 1 aliphatic heterocycles. The van der Waals surface area contributed by atoms with E-state index < -0.39 is 0 Å².